The fourth-order valence-electron chi connectivity index (χ4n) is 2.23. The van der Waals surface area contributed by atoms with Gasteiger partial charge < -0.3 is 5.32 Å². The van der Waals surface area contributed by atoms with Crippen LogP contribution in [0.5, 0.6) is 0 Å². The molecule has 106 valence electrons. The van der Waals surface area contributed by atoms with Gasteiger partial charge in [-0.2, -0.15) is 11.3 Å². The van der Waals surface area contributed by atoms with Crippen molar-refractivity contribution in [2.24, 2.45) is 0 Å². The van der Waals surface area contributed by atoms with Gasteiger partial charge in [-0.25, -0.2) is 0 Å². The van der Waals surface area contributed by atoms with Crippen LogP contribution in [0.4, 0.5) is 0 Å². The zero-order valence-corrected chi connectivity index (χ0v) is 12.7. The largest absolute Gasteiger partial charge is 0.310 e. The van der Waals surface area contributed by atoms with Crippen molar-refractivity contribution in [3.05, 3.63) is 52.0 Å². The Morgan fingerprint density at radius 3 is 2.80 bits per heavy atom. The standard InChI is InChI=1S/C16H21N3S/c1-19(10-14-6-7-20-12-14)11-16-3-2-13(9-18-16)8-17-15-4-5-15/h2-3,6-7,9,12,15,17H,4-5,8,10-11H2,1H3. The molecule has 0 aliphatic heterocycles. The number of thiophene rings is 1. The SMILES string of the molecule is CN(Cc1ccsc1)Cc1ccc(CNC2CC2)cn1. The molecule has 0 atom stereocenters. The van der Waals surface area contributed by atoms with Gasteiger partial charge in [-0.05, 0) is 53.9 Å². The van der Waals surface area contributed by atoms with E-state index in [0.29, 0.717) is 0 Å². The molecule has 1 aliphatic rings. The van der Waals surface area contributed by atoms with Crippen molar-refractivity contribution < 1.29 is 0 Å². The first-order valence-corrected chi connectivity index (χ1v) is 8.11. The summed E-state index contributed by atoms with van der Waals surface area (Å²) in [7, 11) is 2.14. The summed E-state index contributed by atoms with van der Waals surface area (Å²) >= 11 is 1.75. The predicted molar refractivity (Wildman–Crippen MR) is 83.6 cm³/mol. The Morgan fingerprint density at radius 2 is 2.15 bits per heavy atom. The van der Waals surface area contributed by atoms with Crippen molar-refractivity contribution in [3.63, 3.8) is 0 Å². The first-order valence-electron chi connectivity index (χ1n) is 7.16. The first-order chi connectivity index (χ1) is 9.79. The molecule has 0 amide bonds. The average Bonchev–Trinajstić information content (AvgIpc) is 3.14. The third-order valence-electron chi connectivity index (χ3n) is 3.52. The van der Waals surface area contributed by atoms with Gasteiger partial charge in [0.15, 0.2) is 0 Å². The number of rotatable bonds is 7. The van der Waals surface area contributed by atoms with Crippen LogP contribution in [0.2, 0.25) is 0 Å². The summed E-state index contributed by atoms with van der Waals surface area (Å²) in [6.07, 6.45) is 4.67. The van der Waals surface area contributed by atoms with E-state index in [9.17, 15) is 0 Å². The summed E-state index contributed by atoms with van der Waals surface area (Å²) in [5.41, 5.74) is 3.79. The van der Waals surface area contributed by atoms with Gasteiger partial charge in [0.2, 0.25) is 0 Å². The Balaban J connectivity index is 1.48. The third kappa shape index (κ3) is 4.13. The number of pyridine rings is 1. The molecule has 1 N–H and O–H groups in total. The van der Waals surface area contributed by atoms with E-state index in [1.807, 2.05) is 6.20 Å². The molecule has 0 unspecified atom stereocenters. The van der Waals surface area contributed by atoms with Gasteiger partial charge in [0, 0.05) is 31.9 Å². The smallest absolute Gasteiger partial charge is 0.0544 e. The van der Waals surface area contributed by atoms with Crippen LogP contribution >= 0.6 is 11.3 Å². The Hall–Kier alpha value is -1.23. The molecule has 4 heteroatoms. The minimum atomic E-state index is 0.756. The molecule has 0 spiro atoms. The lowest BCUT2D eigenvalue weighted by molar-refractivity contribution is 0.315. The van der Waals surface area contributed by atoms with Crippen LogP contribution in [-0.2, 0) is 19.6 Å². The van der Waals surface area contributed by atoms with Gasteiger partial charge in [0.05, 0.1) is 5.69 Å². The lowest BCUT2D eigenvalue weighted by Gasteiger charge is -2.15. The molecule has 2 aromatic heterocycles. The maximum absolute atomic E-state index is 4.57. The highest BCUT2D eigenvalue weighted by Gasteiger charge is 2.19. The van der Waals surface area contributed by atoms with E-state index in [4.69, 9.17) is 0 Å². The molecule has 1 saturated carbocycles. The summed E-state index contributed by atoms with van der Waals surface area (Å²) in [5.74, 6) is 0. The Labute approximate surface area is 124 Å². The Morgan fingerprint density at radius 1 is 1.25 bits per heavy atom. The van der Waals surface area contributed by atoms with Gasteiger partial charge >= 0.3 is 0 Å². The van der Waals surface area contributed by atoms with Crippen LogP contribution in [0.3, 0.4) is 0 Å². The molecule has 0 saturated heterocycles. The molecule has 1 aliphatic carbocycles. The lowest BCUT2D eigenvalue weighted by Crippen LogP contribution is -2.18. The highest BCUT2D eigenvalue weighted by atomic mass is 32.1. The zero-order chi connectivity index (χ0) is 13.8. The second-order valence-electron chi connectivity index (χ2n) is 5.62. The van der Waals surface area contributed by atoms with Crippen molar-refractivity contribution in [1.29, 1.82) is 0 Å². The van der Waals surface area contributed by atoms with E-state index in [1.54, 1.807) is 11.3 Å². The summed E-state index contributed by atoms with van der Waals surface area (Å²) < 4.78 is 0. The molecule has 0 bridgehead atoms. The summed E-state index contributed by atoms with van der Waals surface area (Å²) in [6.45, 7) is 2.82. The lowest BCUT2D eigenvalue weighted by atomic mass is 10.2. The van der Waals surface area contributed by atoms with E-state index >= 15 is 0 Å². The molecule has 0 aromatic carbocycles. The van der Waals surface area contributed by atoms with Crippen LogP contribution in [0.25, 0.3) is 0 Å². The van der Waals surface area contributed by atoms with Gasteiger partial charge in [0.1, 0.15) is 0 Å². The molecule has 2 aromatic rings. The second kappa shape index (κ2) is 6.48. The minimum Gasteiger partial charge on any atom is -0.310 e. The highest BCUT2D eigenvalue weighted by molar-refractivity contribution is 7.07. The van der Waals surface area contributed by atoms with E-state index in [2.05, 4.69) is 51.2 Å². The van der Waals surface area contributed by atoms with Crippen LogP contribution in [0.1, 0.15) is 29.7 Å². The number of nitrogens with one attached hydrogen (secondary N) is 1. The predicted octanol–water partition coefficient (Wildman–Crippen LogP) is 3.03. The topological polar surface area (TPSA) is 28.2 Å². The normalized spacial score (nSPS) is 14.9. The molecular formula is C16H21N3S. The van der Waals surface area contributed by atoms with E-state index < -0.39 is 0 Å². The number of nitrogens with zero attached hydrogens (tertiary/aromatic N) is 2. The molecular weight excluding hydrogens is 266 g/mol. The molecule has 3 nitrogen and oxygen atoms in total. The van der Waals surface area contributed by atoms with Crippen molar-refractivity contribution in [1.82, 2.24) is 15.2 Å². The van der Waals surface area contributed by atoms with Crippen LogP contribution in [-0.4, -0.2) is 23.0 Å². The van der Waals surface area contributed by atoms with Gasteiger partial charge in [-0.1, -0.05) is 6.07 Å². The minimum absolute atomic E-state index is 0.756. The summed E-state index contributed by atoms with van der Waals surface area (Å²) in [6, 6.07) is 7.28. The van der Waals surface area contributed by atoms with Gasteiger partial charge in [0.25, 0.3) is 0 Å². The van der Waals surface area contributed by atoms with Crippen LogP contribution in [0, 0.1) is 0 Å². The Kier molecular flexibility index (Phi) is 4.45. The molecule has 1 fully saturated rings. The quantitative estimate of drug-likeness (QED) is 0.848. The van der Waals surface area contributed by atoms with Gasteiger partial charge in [-0.15, -0.1) is 0 Å². The third-order valence-corrected chi connectivity index (χ3v) is 4.25. The summed E-state index contributed by atoms with van der Waals surface area (Å²) in [4.78, 5) is 6.87. The molecule has 2 heterocycles. The summed E-state index contributed by atoms with van der Waals surface area (Å²) in [5, 5.41) is 7.85. The molecule has 20 heavy (non-hydrogen) atoms. The van der Waals surface area contributed by atoms with Crippen molar-refractivity contribution >= 4 is 11.3 Å². The molecule has 3 rings (SSSR count). The molecule has 0 radical (unpaired) electrons. The van der Waals surface area contributed by atoms with E-state index in [0.717, 1.165) is 31.4 Å². The Bertz CT molecular complexity index is 517. The number of hydrogen-bond acceptors (Lipinski definition) is 4. The van der Waals surface area contributed by atoms with Crippen molar-refractivity contribution in [2.45, 2.75) is 38.5 Å². The fraction of sp³-hybridized carbons (Fsp3) is 0.438. The van der Waals surface area contributed by atoms with E-state index in [1.165, 1.54) is 24.0 Å². The average molecular weight is 287 g/mol. The maximum atomic E-state index is 4.57. The number of hydrogen-bond donors (Lipinski definition) is 1. The number of aromatic nitrogens is 1. The highest BCUT2D eigenvalue weighted by Crippen LogP contribution is 2.19. The maximum Gasteiger partial charge on any atom is 0.0544 e. The fourth-order valence-corrected chi connectivity index (χ4v) is 2.89. The zero-order valence-electron chi connectivity index (χ0n) is 11.9. The second-order valence-corrected chi connectivity index (χ2v) is 6.40. The van der Waals surface area contributed by atoms with Crippen molar-refractivity contribution in [3.8, 4) is 0 Å². The van der Waals surface area contributed by atoms with Gasteiger partial charge in [-0.3, -0.25) is 9.88 Å². The van der Waals surface area contributed by atoms with E-state index in [-0.39, 0.29) is 0 Å². The van der Waals surface area contributed by atoms with Crippen molar-refractivity contribution in [2.75, 3.05) is 7.05 Å². The van der Waals surface area contributed by atoms with Crippen LogP contribution in [0.15, 0.2) is 35.2 Å². The van der Waals surface area contributed by atoms with Crippen LogP contribution < -0.4 is 5.32 Å². The monoisotopic (exact) mass is 287 g/mol. The first kappa shape index (κ1) is 13.7.